The number of carboxylic acids is 1. The van der Waals surface area contributed by atoms with E-state index in [2.05, 4.69) is 6.92 Å². The molecule has 0 unspecified atom stereocenters. The standard InChI is InChI=1S/C12H17NO2.ClH/c1-2-8-13(10-12(14)15)9-11-6-4-3-5-7-11;/h3-7H,2,8-10H2,1H3,(H,14,15);1H. The summed E-state index contributed by atoms with van der Waals surface area (Å²) >= 11 is 0. The molecule has 90 valence electrons. The summed E-state index contributed by atoms with van der Waals surface area (Å²) in [5.41, 5.74) is 1.16. The molecule has 1 rings (SSSR count). The fraction of sp³-hybridized carbons (Fsp3) is 0.417. The van der Waals surface area contributed by atoms with Gasteiger partial charge in [-0.25, -0.2) is 0 Å². The van der Waals surface area contributed by atoms with Crippen molar-refractivity contribution >= 4 is 18.4 Å². The van der Waals surface area contributed by atoms with Gasteiger partial charge in [0, 0.05) is 6.54 Å². The molecule has 3 nitrogen and oxygen atoms in total. The largest absolute Gasteiger partial charge is 0.480 e. The van der Waals surface area contributed by atoms with Gasteiger partial charge in [-0.3, -0.25) is 9.69 Å². The molecule has 0 fully saturated rings. The zero-order valence-electron chi connectivity index (χ0n) is 9.43. The molecule has 0 aliphatic rings. The second kappa shape index (κ2) is 8.13. The molecular formula is C12H18ClNO2. The van der Waals surface area contributed by atoms with E-state index in [1.165, 1.54) is 0 Å². The Balaban J connectivity index is 0.00000225. The highest BCUT2D eigenvalue weighted by molar-refractivity contribution is 5.85. The fourth-order valence-electron chi connectivity index (χ4n) is 1.56. The summed E-state index contributed by atoms with van der Waals surface area (Å²) in [6.45, 7) is 3.70. The molecule has 0 saturated carbocycles. The van der Waals surface area contributed by atoms with Crippen molar-refractivity contribution in [3.8, 4) is 0 Å². The van der Waals surface area contributed by atoms with Crippen LogP contribution in [0.15, 0.2) is 30.3 Å². The predicted molar refractivity (Wildman–Crippen MR) is 66.9 cm³/mol. The number of aliphatic carboxylic acids is 1. The summed E-state index contributed by atoms with van der Waals surface area (Å²) < 4.78 is 0. The van der Waals surface area contributed by atoms with Crippen LogP contribution in [0, 0.1) is 0 Å². The molecule has 1 aromatic rings. The minimum atomic E-state index is -0.764. The maximum Gasteiger partial charge on any atom is 0.317 e. The van der Waals surface area contributed by atoms with Crippen LogP contribution in [0.2, 0.25) is 0 Å². The van der Waals surface area contributed by atoms with E-state index >= 15 is 0 Å². The number of halogens is 1. The Morgan fingerprint density at radius 3 is 2.44 bits per heavy atom. The van der Waals surface area contributed by atoms with Gasteiger partial charge in [0.15, 0.2) is 0 Å². The molecule has 0 saturated heterocycles. The van der Waals surface area contributed by atoms with Crippen molar-refractivity contribution in [1.29, 1.82) is 0 Å². The van der Waals surface area contributed by atoms with Crippen molar-refractivity contribution in [2.24, 2.45) is 0 Å². The Hall–Kier alpha value is -1.06. The Morgan fingerprint density at radius 2 is 1.94 bits per heavy atom. The van der Waals surface area contributed by atoms with Crippen molar-refractivity contribution < 1.29 is 9.90 Å². The highest BCUT2D eigenvalue weighted by Gasteiger charge is 2.08. The summed E-state index contributed by atoms with van der Waals surface area (Å²) in [6, 6.07) is 9.94. The van der Waals surface area contributed by atoms with Gasteiger partial charge in [-0.05, 0) is 18.5 Å². The number of nitrogens with zero attached hydrogens (tertiary/aromatic N) is 1. The van der Waals surface area contributed by atoms with Crippen LogP contribution in [0.5, 0.6) is 0 Å². The van der Waals surface area contributed by atoms with Crippen LogP contribution < -0.4 is 0 Å². The molecule has 0 aliphatic heterocycles. The zero-order chi connectivity index (χ0) is 11.1. The van der Waals surface area contributed by atoms with Crippen molar-refractivity contribution in [2.45, 2.75) is 19.9 Å². The van der Waals surface area contributed by atoms with E-state index in [1.54, 1.807) is 0 Å². The van der Waals surface area contributed by atoms with Crippen LogP contribution in [0.25, 0.3) is 0 Å². The SMILES string of the molecule is CCCN(CC(=O)O)Cc1ccccc1.Cl. The van der Waals surface area contributed by atoms with Crippen molar-refractivity contribution in [3.05, 3.63) is 35.9 Å². The van der Waals surface area contributed by atoms with E-state index in [1.807, 2.05) is 35.2 Å². The Bertz CT molecular complexity index is 303. The van der Waals surface area contributed by atoms with E-state index < -0.39 is 5.97 Å². The Morgan fingerprint density at radius 1 is 1.31 bits per heavy atom. The van der Waals surface area contributed by atoms with Gasteiger partial charge >= 0.3 is 5.97 Å². The van der Waals surface area contributed by atoms with Crippen LogP contribution in [-0.2, 0) is 11.3 Å². The molecular weight excluding hydrogens is 226 g/mol. The number of carbonyl (C=O) groups is 1. The number of carboxylic acid groups (broad SMARTS) is 1. The fourth-order valence-corrected chi connectivity index (χ4v) is 1.56. The van der Waals surface area contributed by atoms with Gasteiger partial charge in [0.05, 0.1) is 6.54 Å². The van der Waals surface area contributed by atoms with E-state index in [9.17, 15) is 4.79 Å². The lowest BCUT2D eigenvalue weighted by Gasteiger charge is -2.19. The number of benzene rings is 1. The minimum absolute atomic E-state index is 0. The third kappa shape index (κ3) is 5.73. The number of hydrogen-bond donors (Lipinski definition) is 1. The third-order valence-corrected chi connectivity index (χ3v) is 2.15. The lowest BCUT2D eigenvalue weighted by molar-refractivity contribution is -0.138. The highest BCUT2D eigenvalue weighted by Crippen LogP contribution is 2.04. The third-order valence-electron chi connectivity index (χ3n) is 2.15. The molecule has 4 heteroatoms. The molecule has 0 atom stereocenters. The molecule has 0 bridgehead atoms. The van der Waals surface area contributed by atoms with E-state index in [0.717, 1.165) is 18.5 Å². The van der Waals surface area contributed by atoms with E-state index in [-0.39, 0.29) is 19.0 Å². The molecule has 0 radical (unpaired) electrons. The molecule has 1 N–H and O–H groups in total. The highest BCUT2D eigenvalue weighted by atomic mass is 35.5. The number of rotatable bonds is 6. The molecule has 0 heterocycles. The molecule has 0 spiro atoms. The van der Waals surface area contributed by atoms with Gasteiger partial charge in [-0.1, -0.05) is 37.3 Å². The van der Waals surface area contributed by atoms with Crippen LogP contribution in [0.4, 0.5) is 0 Å². The van der Waals surface area contributed by atoms with Crippen LogP contribution >= 0.6 is 12.4 Å². The number of hydrogen-bond acceptors (Lipinski definition) is 2. The molecule has 16 heavy (non-hydrogen) atoms. The van der Waals surface area contributed by atoms with Gasteiger partial charge < -0.3 is 5.11 Å². The lowest BCUT2D eigenvalue weighted by atomic mass is 10.2. The first-order valence-corrected chi connectivity index (χ1v) is 5.20. The van der Waals surface area contributed by atoms with Gasteiger partial charge in [-0.15, -0.1) is 12.4 Å². The monoisotopic (exact) mass is 243 g/mol. The van der Waals surface area contributed by atoms with Gasteiger partial charge in [0.25, 0.3) is 0 Å². The summed E-state index contributed by atoms with van der Waals surface area (Å²) in [4.78, 5) is 12.6. The Kier molecular flexibility index (Phi) is 7.60. The average Bonchev–Trinajstić information content (AvgIpc) is 2.18. The summed E-state index contributed by atoms with van der Waals surface area (Å²) in [6.07, 6.45) is 0.972. The van der Waals surface area contributed by atoms with Gasteiger partial charge in [-0.2, -0.15) is 0 Å². The molecule has 0 amide bonds. The Labute approximate surface area is 102 Å². The van der Waals surface area contributed by atoms with Crippen LogP contribution in [-0.4, -0.2) is 29.1 Å². The van der Waals surface area contributed by atoms with E-state index in [4.69, 9.17) is 5.11 Å². The topological polar surface area (TPSA) is 40.5 Å². The first kappa shape index (κ1) is 14.9. The van der Waals surface area contributed by atoms with Crippen LogP contribution in [0.1, 0.15) is 18.9 Å². The average molecular weight is 244 g/mol. The van der Waals surface area contributed by atoms with Crippen molar-refractivity contribution in [2.75, 3.05) is 13.1 Å². The summed E-state index contributed by atoms with van der Waals surface area (Å²) in [5.74, 6) is -0.764. The molecule has 0 aromatic heterocycles. The lowest BCUT2D eigenvalue weighted by Crippen LogP contribution is -2.29. The summed E-state index contributed by atoms with van der Waals surface area (Å²) in [5, 5.41) is 8.75. The second-order valence-corrected chi connectivity index (χ2v) is 3.59. The molecule has 1 aromatic carbocycles. The second-order valence-electron chi connectivity index (χ2n) is 3.59. The maximum absolute atomic E-state index is 10.6. The van der Waals surface area contributed by atoms with E-state index in [0.29, 0.717) is 6.54 Å². The minimum Gasteiger partial charge on any atom is -0.480 e. The predicted octanol–water partition coefficient (Wildman–Crippen LogP) is 2.41. The van der Waals surface area contributed by atoms with Crippen LogP contribution in [0.3, 0.4) is 0 Å². The summed E-state index contributed by atoms with van der Waals surface area (Å²) in [7, 11) is 0. The zero-order valence-corrected chi connectivity index (χ0v) is 10.2. The first-order valence-electron chi connectivity index (χ1n) is 5.20. The van der Waals surface area contributed by atoms with Gasteiger partial charge in [0.2, 0.25) is 0 Å². The normalized spacial score (nSPS) is 9.88. The smallest absolute Gasteiger partial charge is 0.317 e. The first-order chi connectivity index (χ1) is 7.22. The molecule has 0 aliphatic carbocycles. The maximum atomic E-state index is 10.6. The van der Waals surface area contributed by atoms with Crippen molar-refractivity contribution in [3.63, 3.8) is 0 Å². The quantitative estimate of drug-likeness (QED) is 0.834. The van der Waals surface area contributed by atoms with Gasteiger partial charge in [0.1, 0.15) is 0 Å². The van der Waals surface area contributed by atoms with Crippen molar-refractivity contribution in [1.82, 2.24) is 4.90 Å².